The van der Waals surface area contributed by atoms with Crippen LogP contribution in [0.5, 0.6) is 5.75 Å². The number of urea groups is 1. The van der Waals surface area contributed by atoms with E-state index in [1.807, 2.05) is 20.8 Å². The van der Waals surface area contributed by atoms with Gasteiger partial charge in [0.25, 0.3) is 0 Å². The van der Waals surface area contributed by atoms with Crippen molar-refractivity contribution in [2.75, 3.05) is 29.5 Å². The van der Waals surface area contributed by atoms with Crippen molar-refractivity contribution in [3.8, 4) is 17.6 Å². The molecule has 3 amide bonds. The number of rotatable bonds is 4. The SMILES string of the molecule is COc1c(C#Cc2ccc(NS(C)(=O)=O)c(C)c2)cc(N2C(=O)CCNC2=O)cc1C(C)(C)C. The highest BCUT2D eigenvalue weighted by Gasteiger charge is 2.30. The maximum atomic E-state index is 12.5. The summed E-state index contributed by atoms with van der Waals surface area (Å²) in [5, 5.41) is 2.70. The van der Waals surface area contributed by atoms with Gasteiger partial charge in [0.05, 0.1) is 30.3 Å². The first-order chi connectivity index (χ1) is 15.8. The monoisotopic (exact) mass is 483 g/mol. The van der Waals surface area contributed by atoms with E-state index in [2.05, 4.69) is 21.9 Å². The Balaban J connectivity index is 2.11. The molecule has 0 saturated carbocycles. The highest BCUT2D eigenvalue weighted by Crippen LogP contribution is 2.38. The first-order valence-corrected chi connectivity index (χ1v) is 12.6. The molecular formula is C25H29N3O5S. The first kappa shape index (κ1) is 25.1. The fourth-order valence-corrected chi connectivity index (χ4v) is 4.28. The lowest BCUT2D eigenvalue weighted by atomic mass is 9.84. The third-order valence-corrected chi connectivity index (χ3v) is 5.87. The molecule has 0 atom stereocenters. The zero-order chi connectivity index (χ0) is 25.3. The number of nitrogens with zero attached hydrogens (tertiary/aromatic N) is 1. The number of amides is 3. The number of imide groups is 1. The number of hydrogen-bond acceptors (Lipinski definition) is 5. The number of ether oxygens (including phenoxy) is 1. The second-order valence-electron chi connectivity index (χ2n) is 9.19. The van der Waals surface area contributed by atoms with Gasteiger partial charge in [-0.05, 0) is 48.2 Å². The third kappa shape index (κ3) is 5.69. The Morgan fingerprint density at radius 2 is 1.82 bits per heavy atom. The molecule has 0 bridgehead atoms. The number of anilines is 2. The minimum Gasteiger partial charge on any atom is -0.495 e. The summed E-state index contributed by atoms with van der Waals surface area (Å²) < 4.78 is 31.2. The van der Waals surface area contributed by atoms with E-state index in [-0.39, 0.29) is 17.7 Å². The van der Waals surface area contributed by atoms with E-state index in [1.54, 1.807) is 44.4 Å². The average molecular weight is 484 g/mol. The molecule has 0 unspecified atom stereocenters. The Morgan fingerprint density at radius 3 is 2.38 bits per heavy atom. The number of nitrogens with one attached hydrogen (secondary N) is 2. The van der Waals surface area contributed by atoms with Crippen molar-refractivity contribution in [3.05, 3.63) is 52.6 Å². The van der Waals surface area contributed by atoms with Crippen LogP contribution in [0.3, 0.4) is 0 Å². The second kappa shape index (κ2) is 9.39. The lowest BCUT2D eigenvalue weighted by Gasteiger charge is -2.29. The predicted molar refractivity (Wildman–Crippen MR) is 133 cm³/mol. The molecule has 0 radical (unpaired) electrons. The number of carbonyl (C=O) groups excluding carboxylic acids is 2. The highest BCUT2D eigenvalue weighted by molar-refractivity contribution is 7.92. The molecule has 8 nitrogen and oxygen atoms in total. The van der Waals surface area contributed by atoms with E-state index < -0.39 is 16.1 Å². The zero-order valence-electron chi connectivity index (χ0n) is 20.2. The third-order valence-electron chi connectivity index (χ3n) is 5.27. The van der Waals surface area contributed by atoms with Crippen LogP contribution in [0.1, 0.15) is 49.4 Å². The quantitative estimate of drug-likeness (QED) is 0.648. The van der Waals surface area contributed by atoms with Gasteiger partial charge in [-0.15, -0.1) is 0 Å². The van der Waals surface area contributed by atoms with E-state index in [1.165, 1.54) is 0 Å². The van der Waals surface area contributed by atoms with Crippen LogP contribution < -0.4 is 19.7 Å². The van der Waals surface area contributed by atoms with Gasteiger partial charge in [-0.1, -0.05) is 32.6 Å². The maximum Gasteiger partial charge on any atom is 0.328 e. The van der Waals surface area contributed by atoms with Gasteiger partial charge in [-0.25, -0.2) is 18.1 Å². The molecule has 1 fully saturated rings. The molecule has 1 aliphatic rings. The Hall–Kier alpha value is -3.51. The molecule has 2 N–H and O–H groups in total. The number of hydrogen-bond donors (Lipinski definition) is 2. The molecule has 1 heterocycles. The van der Waals surface area contributed by atoms with Crippen molar-refractivity contribution >= 4 is 33.3 Å². The number of benzene rings is 2. The summed E-state index contributed by atoms with van der Waals surface area (Å²) in [6, 6.07) is 8.16. The maximum absolute atomic E-state index is 12.5. The molecule has 180 valence electrons. The molecular weight excluding hydrogens is 454 g/mol. The minimum atomic E-state index is -3.39. The van der Waals surface area contributed by atoms with Crippen LogP contribution in [0, 0.1) is 18.8 Å². The van der Waals surface area contributed by atoms with E-state index in [4.69, 9.17) is 4.74 Å². The lowest BCUT2D eigenvalue weighted by Crippen LogP contribution is -2.50. The van der Waals surface area contributed by atoms with Crippen molar-refractivity contribution in [2.45, 2.75) is 39.5 Å². The Morgan fingerprint density at radius 1 is 1.12 bits per heavy atom. The van der Waals surface area contributed by atoms with Gasteiger partial charge in [0.1, 0.15) is 5.75 Å². The summed E-state index contributed by atoms with van der Waals surface area (Å²) in [6.07, 6.45) is 1.32. The summed E-state index contributed by atoms with van der Waals surface area (Å²) >= 11 is 0. The molecule has 2 aromatic rings. The smallest absolute Gasteiger partial charge is 0.328 e. The number of carbonyl (C=O) groups is 2. The van der Waals surface area contributed by atoms with Gasteiger partial charge in [0.15, 0.2) is 0 Å². The summed E-state index contributed by atoms with van der Waals surface area (Å²) in [6.45, 7) is 8.15. The van der Waals surface area contributed by atoms with Gasteiger partial charge in [-0.2, -0.15) is 0 Å². The van der Waals surface area contributed by atoms with Crippen LogP contribution in [0.2, 0.25) is 0 Å². The predicted octanol–water partition coefficient (Wildman–Crippen LogP) is 3.52. The molecule has 1 saturated heterocycles. The fraction of sp³-hybridized carbons (Fsp3) is 0.360. The van der Waals surface area contributed by atoms with Crippen LogP contribution >= 0.6 is 0 Å². The van der Waals surface area contributed by atoms with Crippen molar-refractivity contribution in [1.82, 2.24) is 5.32 Å². The number of sulfonamides is 1. The van der Waals surface area contributed by atoms with Gasteiger partial charge in [0, 0.05) is 24.1 Å². The second-order valence-corrected chi connectivity index (χ2v) is 10.9. The van der Waals surface area contributed by atoms with Crippen LogP contribution in [-0.2, 0) is 20.2 Å². The van der Waals surface area contributed by atoms with E-state index in [0.29, 0.717) is 34.8 Å². The van der Waals surface area contributed by atoms with Crippen molar-refractivity contribution in [3.63, 3.8) is 0 Å². The molecule has 0 aromatic heterocycles. The molecule has 1 aliphatic heterocycles. The molecule has 2 aromatic carbocycles. The Labute approximate surface area is 200 Å². The van der Waals surface area contributed by atoms with Gasteiger partial charge in [-0.3, -0.25) is 9.52 Å². The fourth-order valence-electron chi connectivity index (χ4n) is 3.65. The average Bonchev–Trinajstić information content (AvgIpc) is 2.72. The molecule has 34 heavy (non-hydrogen) atoms. The van der Waals surface area contributed by atoms with Crippen molar-refractivity contribution in [2.24, 2.45) is 0 Å². The van der Waals surface area contributed by atoms with Gasteiger partial charge < -0.3 is 10.1 Å². The van der Waals surface area contributed by atoms with Crippen LogP contribution in [0.4, 0.5) is 16.2 Å². The van der Waals surface area contributed by atoms with Crippen LogP contribution in [0.15, 0.2) is 30.3 Å². The zero-order valence-corrected chi connectivity index (χ0v) is 21.0. The van der Waals surface area contributed by atoms with Crippen molar-refractivity contribution < 1.29 is 22.7 Å². The molecule has 3 rings (SSSR count). The van der Waals surface area contributed by atoms with Gasteiger partial charge >= 0.3 is 6.03 Å². The lowest BCUT2D eigenvalue weighted by molar-refractivity contribution is -0.118. The molecule has 0 spiro atoms. The largest absolute Gasteiger partial charge is 0.495 e. The van der Waals surface area contributed by atoms with Crippen molar-refractivity contribution in [1.29, 1.82) is 0 Å². The minimum absolute atomic E-state index is 0.219. The van der Waals surface area contributed by atoms with E-state index >= 15 is 0 Å². The number of aryl methyl sites for hydroxylation is 1. The Kier molecular flexibility index (Phi) is 6.94. The number of methoxy groups -OCH3 is 1. The summed E-state index contributed by atoms with van der Waals surface area (Å²) in [5.74, 6) is 6.49. The summed E-state index contributed by atoms with van der Waals surface area (Å²) in [7, 11) is -1.83. The van der Waals surface area contributed by atoms with E-state index in [9.17, 15) is 18.0 Å². The van der Waals surface area contributed by atoms with E-state index in [0.717, 1.165) is 22.3 Å². The molecule has 0 aliphatic carbocycles. The first-order valence-electron chi connectivity index (χ1n) is 10.7. The summed E-state index contributed by atoms with van der Waals surface area (Å²) in [5.41, 5.74) is 3.32. The molecule has 9 heteroatoms. The topological polar surface area (TPSA) is 105 Å². The summed E-state index contributed by atoms with van der Waals surface area (Å²) in [4.78, 5) is 26.1. The Bertz CT molecular complexity index is 1300. The normalized spacial score (nSPS) is 14.2. The highest BCUT2D eigenvalue weighted by atomic mass is 32.2. The van der Waals surface area contributed by atoms with Gasteiger partial charge in [0.2, 0.25) is 15.9 Å². The van der Waals surface area contributed by atoms with Crippen LogP contribution in [0.25, 0.3) is 0 Å². The van der Waals surface area contributed by atoms with Crippen LogP contribution in [-0.4, -0.2) is 40.3 Å². The standard InChI is InChI=1S/C25H29N3O5S/c1-16-13-17(8-10-21(16)27-34(6,31)32)7-9-18-14-19(28-22(29)11-12-26-24(28)30)15-20(23(18)33-5)25(2,3)4/h8,10,13-15,27H,11-12H2,1-6H3,(H,26,30).